The lowest BCUT2D eigenvalue weighted by atomic mass is 10.0. The highest BCUT2D eigenvalue weighted by Gasteiger charge is 2.25. The molecular weight excluding hydrogens is 478 g/mol. The van der Waals surface area contributed by atoms with Crippen molar-refractivity contribution in [3.63, 3.8) is 0 Å². The van der Waals surface area contributed by atoms with Crippen LogP contribution in [0.3, 0.4) is 0 Å². The van der Waals surface area contributed by atoms with E-state index in [-0.39, 0.29) is 24.7 Å². The van der Waals surface area contributed by atoms with Crippen molar-refractivity contribution < 1.29 is 23.8 Å². The van der Waals surface area contributed by atoms with E-state index in [0.29, 0.717) is 28.4 Å². The average molecular weight is 504 g/mol. The average Bonchev–Trinajstić information content (AvgIpc) is 3.21. The second-order valence-electron chi connectivity index (χ2n) is 7.85. The molecule has 9 heteroatoms. The Balaban J connectivity index is 1.67. The van der Waals surface area contributed by atoms with Crippen molar-refractivity contribution in [1.82, 2.24) is 10.7 Å². The predicted molar refractivity (Wildman–Crippen MR) is 124 cm³/mol. The largest absolute Gasteiger partial charge is 0.490 e. The summed E-state index contributed by atoms with van der Waals surface area (Å²) in [6, 6.07) is 9.65. The summed E-state index contributed by atoms with van der Waals surface area (Å²) in [5.41, 5.74) is 3.59. The molecule has 170 valence electrons. The third-order valence-electron chi connectivity index (χ3n) is 4.58. The van der Waals surface area contributed by atoms with Crippen molar-refractivity contribution in [1.29, 1.82) is 0 Å². The third-order valence-corrected chi connectivity index (χ3v) is 5.08. The molecule has 2 N–H and O–H groups in total. The number of ether oxygens (including phenoxy) is 3. The Labute approximate surface area is 195 Å². The van der Waals surface area contributed by atoms with Crippen molar-refractivity contribution in [2.45, 2.75) is 39.8 Å². The quantitative estimate of drug-likeness (QED) is 0.420. The van der Waals surface area contributed by atoms with Crippen molar-refractivity contribution in [2.75, 3.05) is 6.79 Å². The predicted octanol–water partition coefficient (Wildman–Crippen LogP) is 3.87. The van der Waals surface area contributed by atoms with Gasteiger partial charge in [0.15, 0.2) is 11.5 Å². The molecule has 2 amide bonds. The Morgan fingerprint density at radius 1 is 1.09 bits per heavy atom. The lowest BCUT2D eigenvalue weighted by Gasteiger charge is -2.20. The highest BCUT2D eigenvalue weighted by atomic mass is 79.9. The van der Waals surface area contributed by atoms with Gasteiger partial charge < -0.3 is 19.5 Å². The molecule has 0 saturated heterocycles. The molecule has 1 heterocycles. The molecule has 0 aliphatic carbocycles. The van der Waals surface area contributed by atoms with Gasteiger partial charge in [-0.3, -0.25) is 9.59 Å². The van der Waals surface area contributed by atoms with Crippen LogP contribution in [-0.2, 0) is 4.79 Å². The van der Waals surface area contributed by atoms with Gasteiger partial charge in [-0.05, 0) is 56.2 Å². The molecule has 0 bridgehead atoms. The number of fused-ring (bicyclic) bond motifs is 1. The number of rotatable bonds is 8. The smallest absolute Gasteiger partial charge is 0.262 e. The molecule has 3 rings (SSSR count). The zero-order chi connectivity index (χ0) is 23.3. The number of hydrogen-bond acceptors (Lipinski definition) is 6. The summed E-state index contributed by atoms with van der Waals surface area (Å²) in [5, 5.41) is 6.83. The number of carbonyl (C=O) groups excluding carboxylic acids is 2. The normalized spacial score (nSPS) is 13.5. The molecule has 0 fully saturated rings. The van der Waals surface area contributed by atoms with Crippen LogP contribution in [0.5, 0.6) is 17.2 Å². The van der Waals surface area contributed by atoms with Crippen molar-refractivity contribution in [2.24, 2.45) is 11.0 Å². The summed E-state index contributed by atoms with van der Waals surface area (Å²) in [5.74, 6) is 0.766. The van der Waals surface area contributed by atoms with E-state index >= 15 is 0 Å². The number of hydrazone groups is 1. The Morgan fingerprint density at radius 3 is 2.56 bits per heavy atom. The Bertz CT molecular complexity index is 1020. The third kappa shape index (κ3) is 6.00. The van der Waals surface area contributed by atoms with Gasteiger partial charge >= 0.3 is 0 Å². The van der Waals surface area contributed by atoms with E-state index in [0.717, 1.165) is 4.47 Å². The molecule has 0 spiro atoms. The molecule has 0 radical (unpaired) electrons. The number of amides is 2. The maximum absolute atomic E-state index is 12.7. The number of nitrogens with one attached hydrogen (secondary N) is 2. The summed E-state index contributed by atoms with van der Waals surface area (Å²) in [4.78, 5) is 25.4. The number of benzene rings is 2. The fraction of sp³-hybridized carbons (Fsp3) is 0.348. The molecular formula is C23H26BrN3O5. The van der Waals surface area contributed by atoms with E-state index < -0.39 is 11.9 Å². The fourth-order valence-corrected chi connectivity index (χ4v) is 3.39. The van der Waals surface area contributed by atoms with E-state index in [2.05, 4.69) is 31.8 Å². The zero-order valence-electron chi connectivity index (χ0n) is 18.3. The van der Waals surface area contributed by atoms with Crippen LogP contribution in [0, 0.1) is 5.92 Å². The van der Waals surface area contributed by atoms with E-state index in [1.54, 1.807) is 18.2 Å². The van der Waals surface area contributed by atoms with Gasteiger partial charge in [0.2, 0.25) is 6.79 Å². The number of nitrogens with zero attached hydrogens (tertiary/aromatic N) is 1. The van der Waals surface area contributed by atoms with Crippen LogP contribution in [0.1, 0.15) is 43.6 Å². The standard InChI is InChI=1S/C23H26BrN3O5/c1-13(2)21(26-22(28)15-5-7-19-20(10-15)31-12-30-19)23(29)27-25-11-16-9-17(24)6-8-18(16)32-14(3)4/h5-11,13-14,21H,12H2,1-4H3,(H,26,28)(H,27,29). The van der Waals surface area contributed by atoms with Crippen LogP contribution >= 0.6 is 15.9 Å². The molecule has 1 atom stereocenters. The van der Waals surface area contributed by atoms with Crippen LogP contribution in [-0.4, -0.2) is 37.0 Å². The van der Waals surface area contributed by atoms with Gasteiger partial charge in [-0.15, -0.1) is 0 Å². The lowest BCUT2D eigenvalue weighted by Crippen LogP contribution is -2.48. The molecule has 1 aliphatic heterocycles. The number of halogens is 1. The number of carbonyl (C=O) groups is 2. The molecule has 8 nitrogen and oxygen atoms in total. The Kier molecular flexibility index (Phi) is 7.74. The molecule has 32 heavy (non-hydrogen) atoms. The maximum atomic E-state index is 12.7. The lowest BCUT2D eigenvalue weighted by molar-refractivity contribution is -0.123. The van der Waals surface area contributed by atoms with Crippen LogP contribution in [0.4, 0.5) is 0 Å². The summed E-state index contributed by atoms with van der Waals surface area (Å²) >= 11 is 3.42. The van der Waals surface area contributed by atoms with Gasteiger partial charge in [0.05, 0.1) is 12.3 Å². The fourth-order valence-electron chi connectivity index (χ4n) is 3.01. The summed E-state index contributed by atoms with van der Waals surface area (Å²) in [6.07, 6.45) is 1.51. The first-order valence-corrected chi connectivity index (χ1v) is 11.0. The summed E-state index contributed by atoms with van der Waals surface area (Å²) < 4.78 is 17.2. The SMILES string of the molecule is CC(C)Oc1ccc(Br)cc1C=NNC(=O)C(NC(=O)c1ccc2c(c1)OCO2)C(C)C. The minimum absolute atomic E-state index is 0.00497. The Hall–Kier alpha value is -3.07. The van der Waals surface area contributed by atoms with Gasteiger partial charge in [0.1, 0.15) is 11.8 Å². The molecule has 0 saturated carbocycles. The van der Waals surface area contributed by atoms with Crippen molar-refractivity contribution in [3.05, 3.63) is 52.0 Å². The monoisotopic (exact) mass is 503 g/mol. The van der Waals surface area contributed by atoms with Crippen LogP contribution in [0.15, 0.2) is 46.0 Å². The zero-order valence-corrected chi connectivity index (χ0v) is 19.9. The molecule has 0 aromatic heterocycles. The minimum Gasteiger partial charge on any atom is -0.490 e. The summed E-state index contributed by atoms with van der Waals surface area (Å²) in [7, 11) is 0. The van der Waals surface area contributed by atoms with Gasteiger partial charge in [0, 0.05) is 15.6 Å². The second kappa shape index (κ2) is 10.5. The first kappa shape index (κ1) is 23.6. The molecule has 1 aliphatic rings. The first-order valence-electron chi connectivity index (χ1n) is 10.2. The van der Waals surface area contributed by atoms with Crippen LogP contribution < -0.4 is 25.0 Å². The van der Waals surface area contributed by atoms with Crippen LogP contribution in [0.2, 0.25) is 0 Å². The highest BCUT2D eigenvalue weighted by Crippen LogP contribution is 2.32. The van der Waals surface area contributed by atoms with Gasteiger partial charge in [-0.1, -0.05) is 29.8 Å². The second-order valence-corrected chi connectivity index (χ2v) is 8.76. The van der Waals surface area contributed by atoms with E-state index in [1.807, 2.05) is 45.9 Å². The molecule has 2 aromatic rings. The van der Waals surface area contributed by atoms with E-state index in [1.165, 1.54) is 6.21 Å². The molecule has 1 unspecified atom stereocenters. The van der Waals surface area contributed by atoms with E-state index in [9.17, 15) is 9.59 Å². The highest BCUT2D eigenvalue weighted by molar-refractivity contribution is 9.10. The van der Waals surface area contributed by atoms with Crippen molar-refractivity contribution in [3.8, 4) is 17.2 Å². The topological polar surface area (TPSA) is 98.2 Å². The maximum Gasteiger partial charge on any atom is 0.262 e. The van der Waals surface area contributed by atoms with E-state index in [4.69, 9.17) is 14.2 Å². The van der Waals surface area contributed by atoms with Crippen molar-refractivity contribution >= 4 is 34.0 Å². The van der Waals surface area contributed by atoms with Gasteiger partial charge in [-0.25, -0.2) is 5.43 Å². The van der Waals surface area contributed by atoms with Crippen LogP contribution in [0.25, 0.3) is 0 Å². The molecule has 2 aromatic carbocycles. The van der Waals surface area contributed by atoms with Gasteiger partial charge in [-0.2, -0.15) is 5.10 Å². The minimum atomic E-state index is -0.779. The first-order chi connectivity index (χ1) is 15.2. The van der Waals surface area contributed by atoms with Gasteiger partial charge in [0.25, 0.3) is 11.8 Å². The Morgan fingerprint density at radius 2 is 1.84 bits per heavy atom. The number of hydrogen-bond donors (Lipinski definition) is 2. The summed E-state index contributed by atoms with van der Waals surface area (Å²) in [6.45, 7) is 7.67.